The van der Waals surface area contributed by atoms with Gasteiger partial charge in [-0.1, -0.05) is 30.3 Å². The Balaban J connectivity index is 1.47. The van der Waals surface area contributed by atoms with Crippen LogP contribution >= 0.6 is 0 Å². The van der Waals surface area contributed by atoms with Gasteiger partial charge in [-0.15, -0.1) is 0 Å². The number of piperidine rings is 1. The molecule has 2 amide bonds. The first-order chi connectivity index (χ1) is 11.7. The molecule has 1 aliphatic heterocycles. The molecule has 0 atom stereocenters. The van der Waals surface area contributed by atoms with Gasteiger partial charge in [-0.2, -0.15) is 0 Å². The van der Waals surface area contributed by atoms with Crippen LogP contribution in [0.15, 0.2) is 54.9 Å². The van der Waals surface area contributed by atoms with Crippen LogP contribution in [0.5, 0.6) is 0 Å². The lowest BCUT2D eigenvalue weighted by molar-refractivity contribution is -0.121. The maximum atomic E-state index is 12.4. The monoisotopic (exact) mass is 323 g/mol. The molecule has 3 rings (SSSR count). The molecule has 0 unspecified atom stereocenters. The zero-order valence-corrected chi connectivity index (χ0v) is 13.5. The Labute approximate surface area is 141 Å². The summed E-state index contributed by atoms with van der Waals surface area (Å²) in [5, 5.41) is 3.08. The Morgan fingerprint density at radius 2 is 1.71 bits per heavy atom. The van der Waals surface area contributed by atoms with Gasteiger partial charge >= 0.3 is 0 Å². The summed E-state index contributed by atoms with van der Waals surface area (Å²) in [6.07, 6.45) is 5.24. The number of rotatable bonds is 4. The van der Waals surface area contributed by atoms with E-state index in [-0.39, 0.29) is 17.9 Å². The van der Waals surface area contributed by atoms with Crippen LogP contribution in [-0.4, -0.2) is 40.8 Å². The molecule has 2 aromatic rings. The number of aromatic nitrogens is 1. The molecule has 24 heavy (non-hydrogen) atoms. The van der Waals surface area contributed by atoms with E-state index in [4.69, 9.17) is 0 Å². The maximum absolute atomic E-state index is 12.4. The fraction of sp³-hybridized carbons (Fsp3) is 0.316. The average Bonchev–Trinajstić information content (AvgIpc) is 2.63. The lowest BCUT2D eigenvalue weighted by atomic mass is 10.0. The van der Waals surface area contributed by atoms with Crippen LogP contribution in [0.25, 0.3) is 0 Å². The van der Waals surface area contributed by atoms with E-state index in [1.807, 2.05) is 35.2 Å². The van der Waals surface area contributed by atoms with E-state index in [1.165, 1.54) is 0 Å². The molecule has 1 aliphatic rings. The third-order valence-corrected chi connectivity index (χ3v) is 4.28. The molecule has 0 radical (unpaired) electrons. The molecule has 124 valence electrons. The van der Waals surface area contributed by atoms with Gasteiger partial charge < -0.3 is 10.2 Å². The van der Waals surface area contributed by atoms with E-state index in [9.17, 15) is 9.59 Å². The molecule has 0 spiro atoms. The fourth-order valence-corrected chi connectivity index (χ4v) is 2.96. The number of pyridine rings is 1. The summed E-state index contributed by atoms with van der Waals surface area (Å²) in [4.78, 5) is 30.3. The van der Waals surface area contributed by atoms with Crippen LogP contribution in [-0.2, 0) is 11.2 Å². The molecule has 2 heterocycles. The van der Waals surface area contributed by atoms with Crippen molar-refractivity contribution in [3.05, 3.63) is 66.0 Å². The summed E-state index contributed by atoms with van der Waals surface area (Å²) in [5.74, 6) is 0.0755. The van der Waals surface area contributed by atoms with E-state index in [0.29, 0.717) is 25.1 Å². The van der Waals surface area contributed by atoms with Gasteiger partial charge in [0.2, 0.25) is 5.91 Å². The fourth-order valence-electron chi connectivity index (χ4n) is 2.96. The summed E-state index contributed by atoms with van der Waals surface area (Å²) >= 11 is 0. The Kier molecular flexibility index (Phi) is 5.21. The van der Waals surface area contributed by atoms with E-state index in [1.54, 1.807) is 24.5 Å². The molecular formula is C19H21N3O2. The molecule has 5 nitrogen and oxygen atoms in total. The van der Waals surface area contributed by atoms with Crippen molar-refractivity contribution in [3.8, 4) is 0 Å². The van der Waals surface area contributed by atoms with Crippen LogP contribution in [0.2, 0.25) is 0 Å². The second-order valence-electron chi connectivity index (χ2n) is 6.03. The average molecular weight is 323 g/mol. The number of benzene rings is 1. The molecular weight excluding hydrogens is 302 g/mol. The molecule has 0 bridgehead atoms. The normalized spacial score (nSPS) is 15.1. The third-order valence-electron chi connectivity index (χ3n) is 4.28. The molecule has 1 fully saturated rings. The molecule has 5 heteroatoms. The summed E-state index contributed by atoms with van der Waals surface area (Å²) in [7, 11) is 0. The van der Waals surface area contributed by atoms with Crippen molar-refractivity contribution in [1.29, 1.82) is 0 Å². The van der Waals surface area contributed by atoms with Crippen LogP contribution in [0.1, 0.15) is 28.8 Å². The number of amides is 2. The first-order valence-corrected chi connectivity index (χ1v) is 8.25. The highest BCUT2D eigenvalue weighted by Crippen LogP contribution is 2.14. The Hall–Kier alpha value is -2.69. The highest BCUT2D eigenvalue weighted by Gasteiger charge is 2.24. The predicted molar refractivity (Wildman–Crippen MR) is 91.5 cm³/mol. The predicted octanol–water partition coefficient (Wildman–Crippen LogP) is 2.05. The summed E-state index contributed by atoms with van der Waals surface area (Å²) in [6.45, 7) is 1.33. The molecule has 1 aromatic heterocycles. The van der Waals surface area contributed by atoms with Crippen LogP contribution in [0, 0.1) is 0 Å². The number of hydrogen-bond donors (Lipinski definition) is 1. The molecule has 0 saturated carbocycles. The highest BCUT2D eigenvalue weighted by atomic mass is 16.2. The van der Waals surface area contributed by atoms with E-state index < -0.39 is 0 Å². The smallest absolute Gasteiger partial charge is 0.253 e. The standard InChI is InChI=1S/C19H21N3O2/c23-18(14-15-4-2-1-3-5-15)21-17-8-12-22(13-9-17)19(24)16-6-10-20-11-7-16/h1-7,10-11,17H,8-9,12-14H2,(H,21,23). The van der Waals surface area contributed by atoms with Crippen molar-refractivity contribution in [3.63, 3.8) is 0 Å². The number of likely N-dealkylation sites (tertiary alicyclic amines) is 1. The van der Waals surface area contributed by atoms with E-state index in [2.05, 4.69) is 10.3 Å². The first-order valence-electron chi connectivity index (χ1n) is 8.25. The SMILES string of the molecule is O=C(Cc1ccccc1)NC1CCN(C(=O)c2ccncc2)CC1. The van der Waals surface area contributed by atoms with Crippen molar-refractivity contribution in [2.75, 3.05) is 13.1 Å². The van der Waals surface area contributed by atoms with Crippen molar-refractivity contribution in [2.45, 2.75) is 25.3 Å². The number of carbonyl (C=O) groups is 2. The minimum atomic E-state index is 0.0338. The number of hydrogen-bond acceptors (Lipinski definition) is 3. The number of carbonyl (C=O) groups excluding carboxylic acids is 2. The Morgan fingerprint density at radius 1 is 1.04 bits per heavy atom. The van der Waals surface area contributed by atoms with Gasteiger partial charge in [0.1, 0.15) is 0 Å². The van der Waals surface area contributed by atoms with Gasteiger partial charge in [-0.3, -0.25) is 14.6 Å². The minimum absolute atomic E-state index is 0.0338. The van der Waals surface area contributed by atoms with Gasteiger partial charge in [-0.05, 0) is 30.5 Å². The van der Waals surface area contributed by atoms with Crippen molar-refractivity contribution in [1.82, 2.24) is 15.2 Å². The summed E-state index contributed by atoms with van der Waals surface area (Å²) < 4.78 is 0. The Morgan fingerprint density at radius 3 is 2.38 bits per heavy atom. The zero-order valence-electron chi connectivity index (χ0n) is 13.5. The first kappa shape index (κ1) is 16.2. The van der Waals surface area contributed by atoms with Crippen molar-refractivity contribution >= 4 is 11.8 Å². The van der Waals surface area contributed by atoms with E-state index in [0.717, 1.165) is 18.4 Å². The summed E-state index contributed by atoms with van der Waals surface area (Å²) in [6, 6.07) is 13.3. The molecule has 1 N–H and O–H groups in total. The minimum Gasteiger partial charge on any atom is -0.353 e. The van der Waals surface area contributed by atoms with Crippen LogP contribution in [0.4, 0.5) is 0 Å². The van der Waals surface area contributed by atoms with Gasteiger partial charge in [0.15, 0.2) is 0 Å². The van der Waals surface area contributed by atoms with Gasteiger partial charge in [-0.25, -0.2) is 0 Å². The molecule has 1 aromatic carbocycles. The lowest BCUT2D eigenvalue weighted by Crippen LogP contribution is -2.46. The van der Waals surface area contributed by atoms with Gasteiger partial charge in [0.05, 0.1) is 6.42 Å². The molecule has 0 aliphatic carbocycles. The Bertz CT molecular complexity index is 680. The number of nitrogens with zero attached hydrogens (tertiary/aromatic N) is 2. The van der Waals surface area contributed by atoms with E-state index >= 15 is 0 Å². The lowest BCUT2D eigenvalue weighted by Gasteiger charge is -2.32. The van der Waals surface area contributed by atoms with Crippen LogP contribution in [0.3, 0.4) is 0 Å². The van der Waals surface area contributed by atoms with Gasteiger partial charge in [0.25, 0.3) is 5.91 Å². The molecule has 1 saturated heterocycles. The topological polar surface area (TPSA) is 62.3 Å². The second-order valence-corrected chi connectivity index (χ2v) is 6.03. The third kappa shape index (κ3) is 4.19. The van der Waals surface area contributed by atoms with Gasteiger partial charge in [0, 0.05) is 37.1 Å². The highest BCUT2D eigenvalue weighted by molar-refractivity contribution is 5.94. The maximum Gasteiger partial charge on any atom is 0.253 e. The quantitative estimate of drug-likeness (QED) is 0.936. The summed E-state index contributed by atoms with van der Waals surface area (Å²) in [5.41, 5.74) is 1.68. The second kappa shape index (κ2) is 7.73. The number of nitrogens with one attached hydrogen (secondary N) is 1. The van der Waals surface area contributed by atoms with Crippen LogP contribution < -0.4 is 5.32 Å². The van der Waals surface area contributed by atoms with Crippen molar-refractivity contribution in [2.24, 2.45) is 0 Å². The van der Waals surface area contributed by atoms with Crippen molar-refractivity contribution < 1.29 is 9.59 Å². The largest absolute Gasteiger partial charge is 0.353 e. The zero-order chi connectivity index (χ0) is 16.8.